The predicted molar refractivity (Wildman–Crippen MR) is 179 cm³/mol. The van der Waals surface area contributed by atoms with Crippen molar-refractivity contribution in [3.63, 3.8) is 0 Å². The van der Waals surface area contributed by atoms with Crippen LogP contribution in [-0.4, -0.2) is 97.5 Å². The summed E-state index contributed by atoms with van der Waals surface area (Å²) in [6, 6.07) is 0. The Balaban J connectivity index is 3.09. The molecule has 0 saturated carbocycles. The minimum Gasteiger partial charge on any atom is -0.444 e. The number of unbranched alkanes of at least 4 members (excludes halogenated alkanes) is 15. The van der Waals surface area contributed by atoms with Crippen LogP contribution in [0.2, 0.25) is 0 Å². The summed E-state index contributed by atoms with van der Waals surface area (Å²) in [5, 5.41) is 2.64. The van der Waals surface area contributed by atoms with E-state index in [-0.39, 0.29) is 0 Å². The Kier molecular flexibility index (Phi) is 34.1. The van der Waals surface area contributed by atoms with Gasteiger partial charge >= 0.3 is 6.09 Å². The number of hydrogen-bond acceptors (Lipinski definition) is 8. The molecule has 9 nitrogen and oxygen atoms in total. The average Bonchev–Trinajstić information content (AvgIpc) is 2.98. The van der Waals surface area contributed by atoms with E-state index in [0.29, 0.717) is 79.2 Å². The van der Waals surface area contributed by atoms with E-state index in [0.717, 1.165) is 13.0 Å². The zero-order chi connectivity index (χ0) is 32.2. The normalized spacial score (nSPS) is 11.7. The summed E-state index contributed by atoms with van der Waals surface area (Å²) in [4.78, 5) is 11.5. The zero-order valence-electron chi connectivity index (χ0n) is 29.3. The summed E-state index contributed by atoms with van der Waals surface area (Å²) in [7, 11) is 0. The molecule has 264 valence electrons. The van der Waals surface area contributed by atoms with Gasteiger partial charge in [0.15, 0.2) is 0 Å². The van der Waals surface area contributed by atoms with Crippen LogP contribution in [-0.2, 0) is 33.2 Å². The fourth-order valence-corrected chi connectivity index (χ4v) is 4.49. The third kappa shape index (κ3) is 39.1. The molecule has 0 atom stereocenters. The number of alkyl carbamates (subject to hydrolysis) is 1. The van der Waals surface area contributed by atoms with Crippen LogP contribution in [0.4, 0.5) is 4.79 Å². The number of carbonyl (C=O) groups excluding carboxylic acids is 1. The molecule has 0 aliphatic rings. The van der Waals surface area contributed by atoms with Crippen molar-refractivity contribution < 1.29 is 38.0 Å². The van der Waals surface area contributed by atoms with Gasteiger partial charge in [-0.1, -0.05) is 103 Å². The van der Waals surface area contributed by atoms with Crippen molar-refractivity contribution in [2.75, 3.05) is 85.8 Å². The lowest BCUT2D eigenvalue weighted by Gasteiger charge is -2.19. The largest absolute Gasteiger partial charge is 0.444 e. The molecule has 0 rings (SSSR count). The van der Waals surface area contributed by atoms with Gasteiger partial charge in [-0.25, -0.2) is 4.79 Å². The van der Waals surface area contributed by atoms with E-state index in [9.17, 15) is 4.79 Å². The number of ether oxygens (including phenoxy) is 7. The van der Waals surface area contributed by atoms with Crippen LogP contribution in [0.1, 0.15) is 130 Å². The Morgan fingerprint density at radius 2 is 0.727 bits per heavy atom. The monoisotopic (exact) mass is 634 g/mol. The number of carbonyl (C=O) groups is 1. The van der Waals surface area contributed by atoms with Crippen molar-refractivity contribution in [1.82, 2.24) is 5.32 Å². The van der Waals surface area contributed by atoms with E-state index >= 15 is 0 Å². The fraction of sp³-hybridized carbons (Fsp3) is 0.971. The second-order valence-electron chi connectivity index (χ2n) is 12.4. The molecule has 0 aromatic rings. The van der Waals surface area contributed by atoms with E-state index in [1.165, 1.54) is 96.3 Å². The molecular weight excluding hydrogens is 562 g/mol. The second-order valence-corrected chi connectivity index (χ2v) is 12.4. The Bertz CT molecular complexity index is 573. The van der Waals surface area contributed by atoms with E-state index in [2.05, 4.69) is 12.2 Å². The molecule has 0 aromatic heterocycles. The first-order valence-electron chi connectivity index (χ1n) is 17.9. The van der Waals surface area contributed by atoms with Gasteiger partial charge in [-0.2, -0.15) is 0 Å². The summed E-state index contributed by atoms with van der Waals surface area (Å²) in [5.74, 6) is 0. The van der Waals surface area contributed by atoms with Crippen LogP contribution in [0, 0.1) is 0 Å². The minimum atomic E-state index is -0.498. The molecule has 0 heterocycles. The number of hydrogen-bond donors (Lipinski definition) is 1. The summed E-state index contributed by atoms with van der Waals surface area (Å²) in [5.41, 5.74) is -0.498. The van der Waals surface area contributed by atoms with Gasteiger partial charge in [0.2, 0.25) is 0 Å². The standard InChI is InChI=1S/C35H71NO8/c1-5-6-7-8-9-10-11-12-13-14-15-16-17-18-19-20-22-38-24-26-40-28-30-42-32-33-43-31-29-41-27-25-39-23-21-36-34(37)44-35(2,3)4/h5-33H2,1-4H3,(H,36,37). The number of amides is 1. The van der Waals surface area contributed by atoms with Gasteiger partial charge in [0.05, 0.1) is 72.7 Å². The van der Waals surface area contributed by atoms with E-state index in [1.807, 2.05) is 20.8 Å². The molecule has 9 heteroatoms. The summed E-state index contributed by atoms with van der Waals surface area (Å²) >= 11 is 0. The Morgan fingerprint density at radius 1 is 0.432 bits per heavy atom. The molecule has 44 heavy (non-hydrogen) atoms. The fourth-order valence-electron chi connectivity index (χ4n) is 4.49. The van der Waals surface area contributed by atoms with E-state index < -0.39 is 11.7 Å². The molecular formula is C35H71NO8. The molecule has 0 aliphatic heterocycles. The smallest absolute Gasteiger partial charge is 0.407 e. The average molecular weight is 634 g/mol. The Labute approximate surface area is 271 Å². The van der Waals surface area contributed by atoms with Crippen LogP contribution in [0.5, 0.6) is 0 Å². The molecule has 0 aromatic carbocycles. The van der Waals surface area contributed by atoms with Crippen molar-refractivity contribution >= 4 is 6.09 Å². The first-order chi connectivity index (χ1) is 21.5. The van der Waals surface area contributed by atoms with Crippen LogP contribution in [0.3, 0.4) is 0 Å². The highest BCUT2D eigenvalue weighted by molar-refractivity contribution is 5.67. The molecule has 0 radical (unpaired) electrons. The Morgan fingerprint density at radius 3 is 1.07 bits per heavy atom. The van der Waals surface area contributed by atoms with Gasteiger partial charge in [-0.3, -0.25) is 0 Å². The number of rotatable bonds is 35. The van der Waals surface area contributed by atoms with Crippen molar-refractivity contribution in [2.45, 2.75) is 136 Å². The van der Waals surface area contributed by atoms with Crippen molar-refractivity contribution in [3.05, 3.63) is 0 Å². The third-order valence-electron chi connectivity index (χ3n) is 6.92. The van der Waals surface area contributed by atoms with Crippen LogP contribution < -0.4 is 5.32 Å². The SMILES string of the molecule is CCCCCCCCCCCCCCCCCCOCCOCCOCCOCCOCCOCCNC(=O)OC(C)(C)C. The molecule has 1 amide bonds. The van der Waals surface area contributed by atoms with Crippen molar-refractivity contribution in [3.8, 4) is 0 Å². The lowest BCUT2D eigenvalue weighted by Crippen LogP contribution is -2.34. The molecule has 0 fully saturated rings. The van der Waals surface area contributed by atoms with Gasteiger partial charge < -0.3 is 38.5 Å². The zero-order valence-corrected chi connectivity index (χ0v) is 29.3. The maximum Gasteiger partial charge on any atom is 0.407 e. The van der Waals surface area contributed by atoms with Gasteiger partial charge in [0, 0.05) is 13.2 Å². The highest BCUT2D eigenvalue weighted by Crippen LogP contribution is 2.13. The first-order valence-corrected chi connectivity index (χ1v) is 17.9. The molecule has 0 aliphatic carbocycles. The molecule has 1 N–H and O–H groups in total. The predicted octanol–water partition coefficient (Wildman–Crippen LogP) is 7.87. The van der Waals surface area contributed by atoms with Gasteiger partial charge in [0.25, 0.3) is 0 Å². The van der Waals surface area contributed by atoms with Crippen molar-refractivity contribution in [2.24, 2.45) is 0 Å². The minimum absolute atomic E-state index is 0.399. The molecule has 0 saturated heterocycles. The Hall–Kier alpha value is -0.970. The summed E-state index contributed by atoms with van der Waals surface area (Å²) in [6.45, 7) is 14.8. The topological polar surface area (TPSA) is 93.7 Å². The lowest BCUT2D eigenvalue weighted by atomic mass is 10.0. The van der Waals surface area contributed by atoms with Crippen molar-refractivity contribution in [1.29, 1.82) is 0 Å². The lowest BCUT2D eigenvalue weighted by molar-refractivity contribution is -0.0167. The van der Waals surface area contributed by atoms with Gasteiger partial charge in [0.1, 0.15) is 5.60 Å². The quantitative estimate of drug-likeness (QED) is 0.0705. The molecule has 0 spiro atoms. The summed E-state index contributed by atoms with van der Waals surface area (Å²) < 4.78 is 38.2. The number of nitrogens with one attached hydrogen (secondary N) is 1. The van der Waals surface area contributed by atoms with Crippen LogP contribution in [0.25, 0.3) is 0 Å². The maximum absolute atomic E-state index is 11.5. The molecule has 0 unspecified atom stereocenters. The highest BCUT2D eigenvalue weighted by atomic mass is 16.6. The second kappa shape index (κ2) is 34.9. The summed E-state index contributed by atoms with van der Waals surface area (Å²) in [6.07, 6.45) is 21.8. The van der Waals surface area contributed by atoms with Gasteiger partial charge in [-0.05, 0) is 27.2 Å². The van der Waals surface area contributed by atoms with Gasteiger partial charge in [-0.15, -0.1) is 0 Å². The van der Waals surface area contributed by atoms with Crippen LogP contribution >= 0.6 is 0 Å². The molecule has 0 bridgehead atoms. The van der Waals surface area contributed by atoms with E-state index in [4.69, 9.17) is 33.2 Å². The van der Waals surface area contributed by atoms with Crippen LogP contribution in [0.15, 0.2) is 0 Å². The highest BCUT2D eigenvalue weighted by Gasteiger charge is 2.15. The first kappa shape index (κ1) is 43.0. The third-order valence-corrected chi connectivity index (χ3v) is 6.92. The van der Waals surface area contributed by atoms with E-state index in [1.54, 1.807) is 0 Å². The maximum atomic E-state index is 11.5.